The third-order valence-electron chi connectivity index (χ3n) is 6.15. The highest BCUT2D eigenvalue weighted by Gasteiger charge is 2.31. The molecule has 0 saturated heterocycles. The zero-order valence-electron chi connectivity index (χ0n) is 21.1. The summed E-state index contributed by atoms with van der Waals surface area (Å²) in [4.78, 5) is 16.4. The van der Waals surface area contributed by atoms with Gasteiger partial charge in [0.05, 0.1) is 33.3 Å². The molecule has 0 amide bonds. The van der Waals surface area contributed by atoms with Crippen LogP contribution in [0.4, 0.5) is 18.9 Å². The van der Waals surface area contributed by atoms with Crippen molar-refractivity contribution < 1.29 is 27.4 Å². The summed E-state index contributed by atoms with van der Waals surface area (Å²) in [6, 6.07) is 14.0. The predicted molar refractivity (Wildman–Crippen MR) is 141 cm³/mol. The van der Waals surface area contributed by atoms with E-state index in [1.165, 1.54) is 25.4 Å². The van der Waals surface area contributed by atoms with Crippen molar-refractivity contribution >= 4 is 34.0 Å². The summed E-state index contributed by atoms with van der Waals surface area (Å²) >= 11 is 6.60. The molecule has 0 bridgehead atoms. The molecule has 0 saturated carbocycles. The molecule has 0 radical (unpaired) electrons. The molecule has 0 fully saturated rings. The normalized spacial score (nSPS) is 12.1. The van der Waals surface area contributed by atoms with Crippen LogP contribution in [0.15, 0.2) is 54.7 Å². The Morgan fingerprint density at radius 2 is 1.81 bits per heavy atom. The van der Waals surface area contributed by atoms with E-state index in [2.05, 4.69) is 30.9 Å². The number of carbonyl (C=O) groups is 1. The zero-order chi connectivity index (χ0) is 27.1. The molecule has 37 heavy (non-hydrogen) atoms. The van der Waals surface area contributed by atoms with Crippen LogP contribution in [0, 0.1) is 6.92 Å². The third kappa shape index (κ3) is 5.76. The van der Waals surface area contributed by atoms with Crippen LogP contribution in [0.2, 0.25) is 5.02 Å². The molecule has 0 spiro atoms. The second kappa shape index (κ2) is 9.76. The molecule has 1 heterocycles. The standard InChI is InChI=1S/C28H26ClF3N2O3/c1-16-9-20(37-28(30,31)32)13-22-23(15-33-27(16)22)25(35)12-18-11-21(24(29)14-26(18)36-5)17-7-6-8-19(10-17)34(2,3)4/h6-11,13-15H,12H2,1-5H3/p+1. The van der Waals surface area contributed by atoms with E-state index in [1.807, 2.05) is 30.3 Å². The Morgan fingerprint density at radius 1 is 1.08 bits per heavy atom. The van der Waals surface area contributed by atoms with Crippen LogP contribution in [0.25, 0.3) is 22.0 Å². The minimum atomic E-state index is -4.84. The summed E-state index contributed by atoms with van der Waals surface area (Å²) < 4.78 is 48.6. The van der Waals surface area contributed by atoms with Gasteiger partial charge in [-0.1, -0.05) is 23.7 Å². The first-order valence-corrected chi connectivity index (χ1v) is 11.8. The lowest BCUT2D eigenvalue weighted by atomic mass is 9.96. The van der Waals surface area contributed by atoms with E-state index < -0.39 is 6.36 Å². The smallest absolute Gasteiger partial charge is 0.496 e. The van der Waals surface area contributed by atoms with Gasteiger partial charge in [-0.3, -0.25) is 9.28 Å². The molecule has 1 aromatic heterocycles. The summed E-state index contributed by atoms with van der Waals surface area (Å²) in [7, 11) is 7.68. The van der Waals surface area contributed by atoms with Gasteiger partial charge in [0.25, 0.3) is 0 Å². The highest BCUT2D eigenvalue weighted by atomic mass is 35.5. The number of aryl methyl sites for hydroxylation is 1. The van der Waals surface area contributed by atoms with E-state index in [4.69, 9.17) is 16.3 Å². The Kier molecular flexibility index (Phi) is 7.01. The van der Waals surface area contributed by atoms with Crippen LogP contribution < -0.4 is 14.0 Å². The Balaban J connectivity index is 1.73. The third-order valence-corrected chi connectivity index (χ3v) is 6.46. The highest BCUT2D eigenvalue weighted by molar-refractivity contribution is 6.33. The molecule has 0 aliphatic heterocycles. The second-order valence-electron chi connectivity index (χ2n) is 9.72. The molecular formula is C28H27ClF3N2O3+. The highest BCUT2D eigenvalue weighted by Crippen LogP contribution is 2.37. The summed E-state index contributed by atoms with van der Waals surface area (Å²) in [6.07, 6.45) is -3.37. The van der Waals surface area contributed by atoms with Crippen LogP contribution in [-0.4, -0.2) is 45.4 Å². The Hall–Kier alpha value is -3.49. The summed E-state index contributed by atoms with van der Waals surface area (Å²) in [5, 5.41) is 0.830. The fraction of sp³-hybridized carbons (Fsp3) is 0.250. The van der Waals surface area contributed by atoms with Gasteiger partial charge in [0.1, 0.15) is 17.2 Å². The van der Waals surface area contributed by atoms with Crippen LogP contribution in [0.3, 0.4) is 0 Å². The first-order chi connectivity index (χ1) is 17.3. The van der Waals surface area contributed by atoms with E-state index >= 15 is 0 Å². The van der Waals surface area contributed by atoms with Gasteiger partial charge in [-0.25, -0.2) is 0 Å². The van der Waals surface area contributed by atoms with Crippen molar-refractivity contribution in [1.82, 2.24) is 9.47 Å². The maximum absolute atomic E-state index is 13.4. The summed E-state index contributed by atoms with van der Waals surface area (Å²) in [6.45, 7) is 1.65. The molecule has 0 atom stereocenters. The van der Waals surface area contributed by atoms with Gasteiger partial charge in [0.2, 0.25) is 0 Å². The van der Waals surface area contributed by atoms with E-state index in [0.29, 0.717) is 37.3 Å². The Bertz CT molecular complexity index is 1490. The van der Waals surface area contributed by atoms with Gasteiger partial charge in [0, 0.05) is 46.3 Å². The average Bonchev–Trinajstić information content (AvgIpc) is 3.23. The number of halogens is 4. The fourth-order valence-corrected chi connectivity index (χ4v) is 4.57. The largest absolute Gasteiger partial charge is 0.573 e. The zero-order valence-corrected chi connectivity index (χ0v) is 21.8. The van der Waals surface area contributed by atoms with E-state index in [1.54, 1.807) is 13.0 Å². The SMILES string of the molecule is COc1cc(Cl)c(-c2cccc([N+](C)(C)C)c2)cc1CC(=O)c1c[nH]c2c(C)cc(OC(F)(F)F)cc12. The lowest BCUT2D eigenvalue weighted by Gasteiger charge is -2.24. The van der Waals surface area contributed by atoms with Gasteiger partial charge < -0.3 is 14.5 Å². The maximum atomic E-state index is 13.4. The van der Waals surface area contributed by atoms with E-state index in [9.17, 15) is 18.0 Å². The number of hydrogen-bond acceptors (Lipinski definition) is 3. The van der Waals surface area contributed by atoms with Crippen LogP contribution in [0.5, 0.6) is 11.5 Å². The number of aromatic amines is 1. The van der Waals surface area contributed by atoms with Crippen LogP contribution >= 0.6 is 11.6 Å². The number of alkyl halides is 3. The Labute approximate surface area is 218 Å². The molecule has 9 heteroatoms. The lowest BCUT2D eigenvalue weighted by Crippen LogP contribution is -2.34. The van der Waals surface area contributed by atoms with Crippen LogP contribution in [-0.2, 0) is 6.42 Å². The first kappa shape index (κ1) is 26.6. The van der Waals surface area contributed by atoms with E-state index in [0.717, 1.165) is 16.8 Å². The predicted octanol–water partition coefficient (Wildman–Crippen LogP) is 7.33. The molecule has 3 aromatic carbocycles. The van der Waals surface area contributed by atoms with Crippen molar-refractivity contribution in [2.75, 3.05) is 28.3 Å². The number of benzene rings is 3. The molecule has 5 nitrogen and oxygen atoms in total. The number of nitrogens with zero attached hydrogens (tertiary/aromatic N) is 1. The van der Waals surface area contributed by atoms with Gasteiger partial charge in [-0.15, -0.1) is 13.2 Å². The molecular weight excluding hydrogens is 505 g/mol. The number of aromatic nitrogens is 1. The van der Waals surface area contributed by atoms with Crippen molar-refractivity contribution in [3.05, 3.63) is 76.4 Å². The van der Waals surface area contributed by atoms with Gasteiger partial charge >= 0.3 is 6.36 Å². The van der Waals surface area contributed by atoms with Crippen molar-refractivity contribution in [2.45, 2.75) is 19.7 Å². The van der Waals surface area contributed by atoms with Crippen molar-refractivity contribution in [2.24, 2.45) is 0 Å². The van der Waals surface area contributed by atoms with Crippen molar-refractivity contribution in [1.29, 1.82) is 0 Å². The number of nitrogens with one attached hydrogen (secondary N) is 1. The molecule has 0 unspecified atom stereocenters. The van der Waals surface area contributed by atoms with Gasteiger partial charge in [0.15, 0.2) is 5.78 Å². The second-order valence-corrected chi connectivity index (χ2v) is 10.1. The number of quaternary nitrogens is 1. The summed E-state index contributed by atoms with van der Waals surface area (Å²) in [5.74, 6) is -0.224. The minimum absolute atomic E-state index is 0.0429. The number of H-pyrrole nitrogens is 1. The average molecular weight is 532 g/mol. The number of Topliss-reactive ketones (excluding diaryl/α,β-unsaturated/α-hetero) is 1. The monoisotopic (exact) mass is 531 g/mol. The number of fused-ring (bicyclic) bond motifs is 1. The van der Waals surface area contributed by atoms with E-state index in [-0.39, 0.29) is 23.5 Å². The molecule has 0 aliphatic rings. The molecule has 0 aliphatic carbocycles. The number of ether oxygens (including phenoxy) is 2. The molecule has 1 N–H and O–H groups in total. The quantitative estimate of drug-likeness (QED) is 0.201. The van der Waals surface area contributed by atoms with Crippen molar-refractivity contribution in [3.63, 3.8) is 0 Å². The maximum Gasteiger partial charge on any atom is 0.573 e. The van der Waals surface area contributed by atoms with Crippen LogP contribution in [0.1, 0.15) is 21.5 Å². The molecule has 4 aromatic rings. The number of methoxy groups -OCH3 is 1. The minimum Gasteiger partial charge on any atom is -0.496 e. The molecule has 4 rings (SSSR count). The number of ketones is 1. The van der Waals surface area contributed by atoms with Crippen molar-refractivity contribution in [3.8, 4) is 22.6 Å². The van der Waals surface area contributed by atoms with Gasteiger partial charge in [-0.2, -0.15) is 0 Å². The Morgan fingerprint density at radius 3 is 2.46 bits per heavy atom. The number of hydrogen-bond donors (Lipinski definition) is 1. The number of carbonyl (C=O) groups excluding carboxylic acids is 1. The fourth-order valence-electron chi connectivity index (χ4n) is 4.31. The van der Waals surface area contributed by atoms with Gasteiger partial charge in [-0.05, 0) is 48.4 Å². The topological polar surface area (TPSA) is 51.3 Å². The first-order valence-electron chi connectivity index (χ1n) is 11.5. The lowest BCUT2D eigenvalue weighted by molar-refractivity contribution is -0.274. The number of rotatable bonds is 7. The summed E-state index contributed by atoms with van der Waals surface area (Å²) in [5.41, 5.74) is 4.68. The molecule has 194 valence electrons.